The molecule has 0 atom stereocenters. The summed E-state index contributed by atoms with van der Waals surface area (Å²) in [7, 11) is 3.88. The van der Waals surface area contributed by atoms with E-state index in [1.807, 2.05) is 66.0 Å². The molecule has 132 valence electrons. The number of carbonyl (C=O) groups excluding carboxylic acids is 1. The number of hydrogen-bond donors (Lipinski definition) is 1. The second-order valence-corrected chi connectivity index (χ2v) is 6.24. The molecule has 3 heterocycles. The lowest BCUT2D eigenvalue weighted by Crippen LogP contribution is -2.20. The normalized spacial score (nSPS) is 11.5. The van der Waals surface area contributed by atoms with Crippen molar-refractivity contribution in [1.29, 1.82) is 0 Å². The number of pyridine rings is 1. The second-order valence-electron chi connectivity index (χ2n) is 6.24. The van der Waals surface area contributed by atoms with Crippen LogP contribution in [-0.4, -0.2) is 63.1 Å². The van der Waals surface area contributed by atoms with E-state index in [-0.39, 0.29) is 5.97 Å². The van der Waals surface area contributed by atoms with Crippen molar-refractivity contribution in [2.24, 2.45) is 0 Å². The van der Waals surface area contributed by atoms with Gasteiger partial charge in [-0.25, -0.2) is 4.79 Å². The number of likely N-dealkylation sites (N-methyl/N-ethyl adjacent to an activating group) is 1. The molecule has 0 unspecified atom stereocenters. The molecule has 4 rings (SSSR count). The van der Waals surface area contributed by atoms with Gasteiger partial charge in [-0.1, -0.05) is 18.2 Å². The number of aromatic nitrogens is 5. The Balaban J connectivity index is 1.82. The summed E-state index contributed by atoms with van der Waals surface area (Å²) < 4.78 is 7.46. The lowest BCUT2D eigenvalue weighted by atomic mass is 10.1. The van der Waals surface area contributed by atoms with Gasteiger partial charge in [0.05, 0.1) is 16.6 Å². The number of hydrogen-bond acceptors (Lipinski definition) is 6. The average Bonchev–Trinajstić information content (AvgIpc) is 3.27. The smallest absolute Gasteiger partial charge is 0.341 e. The van der Waals surface area contributed by atoms with Gasteiger partial charge in [-0.05, 0) is 37.5 Å². The Labute approximate surface area is 149 Å². The summed E-state index contributed by atoms with van der Waals surface area (Å²) in [6, 6.07) is 11.5. The number of ether oxygens (including phenoxy) is 1. The topological polar surface area (TPSA) is 88.4 Å². The summed E-state index contributed by atoms with van der Waals surface area (Å²) in [4.78, 5) is 14.7. The number of fused-ring (bicyclic) bond motifs is 3. The Kier molecular flexibility index (Phi) is 4.10. The van der Waals surface area contributed by atoms with Gasteiger partial charge in [0.1, 0.15) is 6.61 Å². The Bertz CT molecular complexity index is 1070. The van der Waals surface area contributed by atoms with Crippen LogP contribution < -0.4 is 0 Å². The summed E-state index contributed by atoms with van der Waals surface area (Å²) in [5.41, 5.74) is 3.09. The number of rotatable bonds is 5. The van der Waals surface area contributed by atoms with Crippen LogP contribution in [0.2, 0.25) is 0 Å². The van der Waals surface area contributed by atoms with Crippen LogP contribution in [0.1, 0.15) is 10.4 Å². The molecule has 0 spiro atoms. The molecule has 8 nitrogen and oxygen atoms in total. The first-order chi connectivity index (χ1) is 12.6. The van der Waals surface area contributed by atoms with E-state index < -0.39 is 0 Å². The van der Waals surface area contributed by atoms with Crippen LogP contribution in [-0.2, 0) is 4.74 Å². The van der Waals surface area contributed by atoms with Crippen molar-refractivity contribution < 1.29 is 9.53 Å². The van der Waals surface area contributed by atoms with Crippen molar-refractivity contribution in [3.63, 3.8) is 0 Å². The minimum Gasteiger partial charge on any atom is -0.461 e. The highest BCUT2D eigenvalue weighted by molar-refractivity contribution is 6.12. The molecular formula is C18H18N6O2. The fraction of sp³-hybridized carbons (Fsp3) is 0.222. The second kappa shape index (κ2) is 6.57. The molecule has 1 N–H and O–H groups in total. The molecule has 3 aromatic heterocycles. The first-order valence-electron chi connectivity index (χ1n) is 8.23. The lowest BCUT2D eigenvalue weighted by molar-refractivity contribution is 0.0486. The molecule has 0 aliphatic heterocycles. The van der Waals surface area contributed by atoms with Gasteiger partial charge in [0.2, 0.25) is 5.82 Å². The SMILES string of the molecule is CN(C)CCOC(=O)c1c2ccc(-c3nn[nH]n3)cc2n2ccccc12. The van der Waals surface area contributed by atoms with Crippen molar-refractivity contribution in [3.05, 3.63) is 48.2 Å². The zero-order valence-corrected chi connectivity index (χ0v) is 14.5. The van der Waals surface area contributed by atoms with E-state index in [0.717, 1.165) is 22.0 Å². The van der Waals surface area contributed by atoms with E-state index in [0.29, 0.717) is 24.5 Å². The standard InChI is InChI=1S/C18H18N6O2/c1-23(2)9-10-26-18(25)16-13-7-6-12(17-19-21-22-20-17)11-15(13)24-8-4-3-5-14(16)24/h3-8,11H,9-10H2,1-2H3,(H,19,20,21,22). The number of tetrazole rings is 1. The van der Waals surface area contributed by atoms with E-state index >= 15 is 0 Å². The molecule has 0 radical (unpaired) electrons. The molecule has 1 aromatic carbocycles. The summed E-state index contributed by atoms with van der Waals surface area (Å²) >= 11 is 0. The average molecular weight is 350 g/mol. The number of nitrogens with one attached hydrogen (secondary N) is 1. The zero-order valence-electron chi connectivity index (χ0n) is 14.5. The molecule has 4 aromatic rings. The fourth-order valence-electron chi connectivity index (χ4n) is 2.97. The van der Waals surface area contributed by atoms with Gasteiger partial charge in [-0.3, -0.25) is 0 Å². The van der Waals surface area contributed by atoms with Gasteiger partial charge >= 0.3 is 5.97 Å². The van der Waals surface area contributed by atoms with Crippen LogP contribution in [0.15, 0.2) is 42.6 Å². The summed E-state index contributed by atoms with van der Waals surface area (Å²) in [6.07, 6.45) is 1.92. The van der Waals surface area contributed by atoms with Gasteiger partial charge in [0.25, 0.3) is 0 Å². The fourth-order valence-corrected chi connectivity index (χ4v) is 2.97. The Morgan fingerprint density at radius 2 is 2.12 bits per heavy atom. The maximum atomic E-state index is 12.7. The number of esters is 1. The van der Waals surface area contributed by atoms with Crippen LogP contribution >= 0.6 is 0 Å². The van der Waals surface area contributed by atoms with Crippen LogP contribution in [0.4, 0.5) is 0 Å². The van der Waals surface area contributed by atoms with Gasteiger partial charge < -0.3 is 14.0 Å². The van der Waals surface area contributed by atoms with Crippen LogP contribution in [0, 0.1) is 0 Å². The van der Waals surface area contributed by atoms with E-state index in [1.54, 1.807) is 0 Å². The first kappa shape index (κ1) is 16.2. The number of benzene rings is 1. The monoisotopic (exact) mass is 350 g/mol. The zero-order chi connectivity index (χ0) is 18.1. The number of carbonyl (C=O) groups is 1. The molecule has 0 amide bonds. The Hall–Kier alpha value is -3.26. The molecule has 26 heavy (non-hydrogen) atoms. The number of H-pyrrole nitrogens is 1. The molecule has 8 heteroatoms. The molecule has 0 aliphatic rings. The largest absolute Gasteiger partial charge is 0.461 e. The Morgan fingerprint density at radius 1 is 1.23 bits per heavy atom. The minimum atomic E-state index is -0.321. The lowest BCUT2D eigenvalue weighted by Gasteiger charge is -2.09. The molecule has 0 saturated heterocycles. The van der Waals surface area contributed by atoms with Gasteiger partial charge in [0, 0.05) is 23.7 Å². The van der Waals surface area contributed by atoms with Gasteiger partial charge in [-0.15, -0.1) is 10.2 Å². The minimum absolute atomic E-state index is 0.321. The van der Waals surface area contributed by atoms with Crippen LogP contribution in [0.25, 0.3) is 27.8 Å². The van der Waals surface area contributed by atoms with E-state index in [1.165, 1.54) is 0 Å². The summed E-state index contributed by atoms with van der Waals surface area (Å²) in [5.74, 6) is 0.186. The van der Waals surface area contributed by atoms with Crippen molar-refractivity contribution >= 4 is 22.4 Å². The highest BCUT2D eigenvalue weighted by Gasteiger charge is 2.20. The van der Waals surface area contributed by atoms with E-state index in [2.05, 4.69) is 20.6 Å². The number of aromatic amines is 1. The first-order valence-corrected chi connectivity index (χ1v) is 8.23. The van der Waals surface area contributed by atoms with E-state index in [4.69, 9.17) is 4.74 Å². The Morgan fingerprint density at radius 3 is 2.88 bits per heavy atom. The van der Waals surface area contributed by atoms with E-state index in [9.17, 15) is 4.79 Å². The third-order valence-corrected chi connectivity index (χ3v) is 4.22. The van der Waals surface area contributed by atoms with Gasteiger partial charge in [0.15, 0.2) is 0 Å². The highest BCUT2D eigenvalue weighted by atomic mass is 16.5. The maximum absolute atomic E-state index is 12.7. The summed E-state index contributed by atoms with van der Waals surface area (Å²) in [6.45, 7) is 1.02. The highest BCUT2D eigenvalue weighted by Crippen LogP contribution is 2.30. The molecule has 0 aliphatic carbocycles. The molecular weight excluding hydrogens is 332 g/mol. The van der Waals surface area contributed by atoms with Crippen molar-refractivity contribution in [3.8, 4) is 11.4 Å². The quantitative estimate of drug-likeness (QED) is 0.554. The van der Waals surface area contributed by atoms with Crippen LogP contribution in [0.5, 0.6) is 0 Å². The molecule has 0 saturated carbocycles. The predicted octanol–water partition coefficient (Wildman–Crippen LogP) is 1.99. The van der Waals surface area contributed by atoms with Crippen molar-refractivity contribution in [1.82, 2.24) is 29.9 Å². The van der Waals surface area contributed by atoms with Crippen molar-refractivity contribution in [2.45, 2.75) is 0 Å². The van der Waals surface area contributed by atoms with Crippen molar-refractivity contribution in [2.75, 3.05) is 27.2 Å². The van der Waals surface area contributed by atoms with Gasteiger partial charge in [-0.2, -0.15) is 5.21 Å². The summed E-state index contributed by atoms with van der Waals surface area (Å²) in [5, 5.41) is 14.9. The third kappa shape index (κ3) is 2.80. The third-order valence-electron chi connectivity index (χ3n) is 4.22. The number of nitrogens with zero attached hydrogens (tertiary/aromatic N) is 5. The predicted molar refractivity (Wildman–Crippen MR) is 96.9 cm³/mol. The maximum Gasteiger partial charge on any atom is 0.341 e. The van der Waals surface area contributed by atoms with Crippen LogP contribution in [0.3, 0.4) is 0 Å². The molecule has 0 bridgehead atoms. The molecule has 0 fully saturated rings.